The van der Waals surface area contributed by atoms with Crippen LogP contribution in [0.5, 0.6) is 5.75 Å². The zero-order chi connectivity index (χ0) is 12.1. The van der Waals surface area contributed by atoms with Gasteiger partial charge < -0.3 is 9.64 Å². The Kier molecular flexibility index (Phi) is 4.58. The Hall–Kier alpha value is -1.26. The molecular formula is C12H21N3O. The highest BCUT2D eigenvalue weighted by Gasteiger charge is 2.10. The molecule has 0 radical (unpaired) electrons. The molecule has 0 aromatic heterocycles. The maximum atomic E-state index is 5.34. The molecule has 4 heteroatoms. The molecule has 0 amide bonds. The van der Waals surface area contributed by atoms with E-state index in [1.165, 1.54) is 5.56 Å². The maximum absolute atomic E-state index is 5.34. The van der Waals surface area contributed by atoms with Crippen molar-refractivity contribution in [3.8, 4) is 5.75 Å². The molecule has 3 N–H and O–H groups in total. The monoisotopic (exact) mass is 223 g/mol. The molecule has 0 atom stereocenters. The molecule has 0 aliphatic rings. The topological polar surface area (TPSA) is 50.5 Å². The van der Waals surface area contributed by atoms with Gasteiger partial charge in [0.2, 0.25) is 0 Å². The van der Waals surface area contributed by atoms with E-state index >= 15 is 0 Å². The molecule has 0 aliphatic heterocycles. The van der Waals surface area contributed by atoms with Crippen molar-refractivity contribution in [1.29, 1.82) is 0 Å². The van der Waals surface area contributed by atoms with E-state index in [0.717, 1.165) is 11.4 Å². The summed E-state index contributed by atoms with van der Waals surface area (Å²) < 4.78 is 5.34. The molecule has 0 spiro atoms. The van der Waals surface area contributed by atoms with Crippen molar-refractivity contribution in [3.63, 3.8) is 0 Å². The summed E-state index contributed by atoms with van der Waals surface area (Å²) in [6.45, 7) is 4.93. The van der Waals surface area contributed by atoms with Gasteiger partial charge in [0.15, 0.2) is 0 Å². The Morgan fingerprint density at radius 1 is 1.44 bits per heavy atom. The Morgan fingerprint density at radius 3 is 2.62 bits per heavy atom. The van der Waals surface area contributed by atoms with Crippen LogP contribution in [0.1, 0.15) is 25.3 Å². The van der Waals surface area contributed by atoms with Gasteiger partial charge in [0.25, 0.3) is 0 Å². The third-order valence-electron chi connectivity index (χ3n) is 2.61. The third kappa shape index (κ3) is 2.87. The molecular weight excluding hydrogens is 202 g/mol. The van der Waals surface area contributed by atoms with E-state index in [0.29, 0.717) is 12.6 Å². The van der Waals surface area contributed by atoms with Crippen LogP contribution in [0.25, 0.3) is 0 Å². The van der Waals surface area contributed by atoms with Crippen molar-refractivity contribution in [3.05, 3.63) is 23.8 Å². The zero-order valence-electron chi connectivity index (χ0n) is 10.4. The lowest BCUT2D eigenvalue weighted by atomic mass is 10.0. The van der Waals surface area contributed by atoms with Gasteiger partial charge >= 0.3 is 0 Å². The van der Waals surface area contributed by atoms with Crippen LogP contribution < -0.4 is 20.9 Å². The average molecular weight is 223 g/mol. The number of benzene rings is 1. The highest BCUT2D eigenvalue weighted by Crippen LogP contribution is 2.30. The maximum Gasteiger partial charge on any atom is 0.142 e. The van der Waals surface area contributed by atoms with Crippen molar-refractivity contribution in [1.82, 2.24) is 5.43 Å². The number of methoxy groups -OCH3 is 1. The summed E-state index contributed by atoms with van der Waals surface area (Å²) in [4.78, 5) is 2.02. The average Bonchev–Trinajstić information content (AvgIpc) is 2.28. The van der Waals surface area contributed by atoms with Gasteiger partial charge in [-0.25, -0.2) is 5.43 Å². The number of ether oxygens (including phenoxy) is 1. The minimum atomic E-state index is 0.504. The van der Waals surface area contributed by atoms with Crippen LogP contribution in [-0.2, 0) is 0 Å². The molecule has 1 aromatic carbocycles. The molecule has 0 unspecified atom stereocenters. The number of hydrogen-bond donors (Lipinski definition) is 2. The van der Waals surface area contributed by atoms with Crippen molar-refractivity contribution >= 4 is 5.69 Å². The summed E-state index contributed by atoms with van der Waals surface area (Å²) in [5.41, 5.74) is 4.98. The molecule has 0 aliphatic carbocycles. The Balaban J connectivity index is 3.06. The summed E-state index contributed by atoms with van der Waals surface area (Å²) in [7, 11) is 3.65. The smallest absolute Gasteiger partial charge is 0.142 e. The van der Waals surface area contributed by atoms with Crippen LogP contribution in [0.4, 0.5) is 5.69 Å². The molecule has 1 rings (SSSR count). The first-order valence-electron chi connectivity index (χ1n) is 5.42. The van der Waals surface area contributed by atoms with E-state index in [2.05, 4.69) is 31.4 Å². The van der Waals surface area contributed by atoms with Crippen molar-refractivity contribution < 1.29 is 4.74 Å². The van der Waals surface area contributed by atoms with Gasteiger partial charge in [-0.05, 0) is 23.6 Å². The Morgan fingerprint density at radius 2 is 2.12 bits per heavy atom. The van der Waals surface area contributed by atoms with E-state index in [-0.39, 0.29) is 0 Å². The van der Waals surface area contributed by atoms with Crippen LogP contribution in [0.3, 0.4) is 0 Å². The minimum absolute atomic E-state index is 0.504. The fourth-order valence-electron chi connectivity index (χ4n) is 1.59. The lowest BCUT2D eigenvalue weighted by molar-refractivity contribution is 0.414. The number of nitrogens with two attached hydrogens (primary N) is 1. The van der Waals surface area contributed by atoms with Gasteiger partial charge in [-0.15, -0.1) is 0 Å². The van der Waals surface area contributed by atoms with Gasteiger partial charge in [0.1, 0.15) is 5.75 Å². The van der Waals surface area contributed by atoms with Crippen LogP contribution in [0.15, 0.2) is 18.2 Å². The third-order valence-corrected chi connectivity index (χ3v) is 2.61. The SMILES string of the molecule is COc1ccc(C(C)C)cc1N(C)CNN. The number of hydrogen-bond acceptors (Lipinski definition) is 4. The summed E-state index contributed by atoms with van der Waals surface area (Å²) in [5.74, 6) is 6.69. The van der Waals surface area contributed by atoms with Gasteiger partial charge in [0.05, 0.1) is 19.5 Å². The molecule has 0 fully saturated rings. The first kappa shape index (κ1) is 12.8. The fourth-order valence-corrected chi connectivity index (χ4v) is 1.59. The van der Waals surface area contributed by atoms with Gasteiger partial charge in [-0.3, -0.25) is 5.84 Å². The van der Waals surface area contributed by atoms with Crippen molar-refractivity contribution in [2.24, 2.45) is 5.84 Å². The highest BCUT2D eigenvalue weighted by molar-refractivity contribution is 5.60. The Bertz CT molecular complexity index is 339. The first-order chi connectivity index (χ1) is 7.60. The quantitative estimate of drug-likeness (QED) is 0.453. The largest absolute Gasteiger partial charge is 0.495 e. The second-order valence-electron chi connectivity index (χ2n) is 4.15. The lowest BCUT2D eigenvalue weighted by Gasteiger charge is -2.22. The molecule has 0 heterocycles. The van der Waals surface area contributed by atoms with Crippen LogP contribution >= 0.6 is 0 Å². The fraction of sp³-hybridized carbons (Fsp3) is 0.500. The highest BCUT2D eigenvalue weighted by atomic mass is 16.5. The van der Waals surface area contributed by atoms with E-state index in [1.807, 2.05) is 18.0 Å². The van der Waals surface area contributed by atoms with Gasteiger partial charge in [-0.2, -0.15) is 0 Å². The second kappa shape index (κ2) is 5.72. The predicted octanol–water partition coefficient (Wildman–Crippen LogP) is 1.68. The molecule has 90 valence electrons. The summed E-state index contributed by atoms with van der Waals surface area (Å²) in [6, 6.07) is 6.23. The Labute approximate surface area is 97.4 Å². The molecule has 0 bridgehead atoms. The second-order valence-corrected chi connectivity index (χ2v) is 4.15. The zero-order valence-corrected chi connectivity index (χ0v) is 10.4. The number of hydrazine groups is 1. The summed E-state index contributed by atoms with van der Waals surface area (Å²) in [6.07, 6.45) is 0. The van der Waals surface area contributed by atoms with Crippen molar-refractivity contribution in [2.45, 2.75) is 19.8 Å². The number of anilines is 1. The molecule has 0 saturated heterocycles. The minimum Gasteiger partial charge on any atom is -0.495 e. The molecule has 1 aromatic rings. The van der Waals surface area contributed by atoms with E-state index in [4.69, 9.17) is 10.6 Å². The molecule has 0 saturated carbocycles. The van der Waals surface area contributed by atoms with Crippen LogP contribution in [0.2, 0.25) is 0 Å². The molecule has 16 heavy (non-hydrogen) atoms. The van der Waals surface area contributed by atoms with Gasteiger partial charge in [-0.1, -0.05) is 19.9 Å². The summed E-state index contributed by atoms with van der Waals surface area (Å²) >= 11 is 0. The standard InChI is InChI=1S/C12H21N3O/c1-9(2)10-5-6-12(16-4)11(7-10)15(3)8-14-13/h5-7,9,14H,8,13H2,1-4H3. The van der Waals surface area contributed by atoms with Crippen LogP contribution in [0, 0.1) is 0 Å². The molecule has 4 nitrogen and oxygen atoms in total. The number of nitrogens with zero attached hydrogens (tertiary/aromatic N) is 1. The van der Waals surface area contributed by atoms with E-state index in [9.17, 15) is 0 Å². The lowest BCUT2D eigenvalue weighted by Crippen LogP contribution is -2.35. The predicted molar refractivity (Wildman–Crippen MR) is 67.7 cm³/mol. The first-order valence-corrected chi connectivity index (χ1v) is 5.42. The normalized spacial score (nSPS) is 10.6. The number of nitrogens with one attached hydrogen (secondary N) is 1. The van der Waals surface area contributed by atoms with E-state index in [1.54, 1.807) is 7.11 Å². The summed E-state index contributed by atoms with van der Waals surface area (Å²) in [5, 5.41) is 0. The van der Waals surface area contributed by atoms with Gasteiger partial charge in [0, 0.05) is 7.05 Å². The van der Waals surface area contributed by atoms with Crippen LogP contribution in [-0.4, -0.2) is 20.8 Å². The van der Waals surface area contributed by atoms with E-state index < -0.39 is 0 Å². The van der Waals surface area contributed by atoms with Crippen molar-refractivity contribution in [2.75, 3.05) is 25.7 Å². The number of rotatable bonds is 5.